The summed E-state index contributed by atoms with van der Waals surface area (Å²) in [5.41, 5.74) is 0.183. The Labute approximate surface area is 72.1 Å². The van der Waals surface area contributed by atoms with E-state index in [1.54, 1.807) is 0 Å². The Morgan fingerprint density at radius 2 is 2.55 bits per heavy atom. The molecule has 11 heavy (non-hydrogen) atoms. The van der Waals surface area contributed by atoms with Gasteiger partial charge in [0.05, 0.1) is 12.2 Å². The molecule has 2 unspecified atom stereocenters. The number of rotatable bonds is 0. The summed E-state index contributed by atoms with van der Waals surface area (Å²) in [7, 11) is 0. The third-order valence-corrected chi connectivity index (χ3v) is 3.93. The van der Waals surface area contributed by atoms with E-state index in [1.165, 1.54) is 17.9 Å². The summed E-state index contributed by atoms with van der Waals surface area (Å²) in [6.07, 6.45) is 1.23. The molecule has 1 N–H and O–H groups in total. The van der Waals surface area contributed by atoms with Crippen molar-refractivity contribution in [2.45, 2.75) is 25.0 Å². The van der Waals surface area contributed by atoms with Gasteiger partial charge >= 0.3 is 0 Å². The van der Waals surface area contributed by atoms with Crippen LogP contribution in [0.3, 0.4) is 0 Å². The fraction of sp³-hybridized carbons (Fsp3) is 1.00. The lowest BCUT2D eigenvalue weighted by Gasteiger charge is -2.39. The molecule has 2 aliphatic rings. The van der Waals surface area contributed by atoms with Gasteiger partial charge in [0.1, 0.15) is 0 Å². The van der Waals surface area contributed by atoms with Crippen LogP contribution < -0.4 is 5.32 Å². The molecule has 1 spiro atoms. The zero-order valence-electron chi connectivity index (χ0n) is 6.93. The fourth-order valence-corrected chi connectivity index (χ4v) is 3.32. The van der Waals surface area contributed by atoms with Gasteiger partial charge in [-0.05, 0) is 19.1 Å². The molecule has 0 aromatic heterocycles. The van der Waals surface area contributed by atoms with Gasteiger partial charge in [-0.3, -0.25) is 0 Å². The second-order valence-electron chi connectivity index (χ2n) is 3.39. The topological polar surface area (TPSA) is 21.3 Å². The SMILES string of the molecule is CC1NCCOC12CCSC2. The number of morpholine rings is 1. The molecule has 2 fully saturated rings. The van der Waals surface area contributed by atoms with Crippen molar-refractivity contribution in [2.24, 2.45) is 0 Å². The first-order valence-corrected chi connectivity index (χ1v) is 5.44. The Morgan fingerprint density at radius 3 is 3.18 bits per heavy atom. The molecule has 2 saturated heterocycles. The number of ether oxygens (including phenoxy) is 1. The largest absolute Gasteiger partial charge is 0.371 e. The Bertz CT molecular complexity index is 145. The first-order chi connectivity index (χ1) is 5.33. The highest BCUT2D eigenvalue weighted by atomic mass is 32.2. The minimum absolute atomic E-state index is 0.183. The third kappa shape index (κ3) is 1.30. The zero-order chi connectivity index (χ0) is 7.73. The fourth-order valence-electron chi connectivity index (χ4n) is 1.86. The highest BCUT2D eigenvalue weighted by molar-refractivity contribution is 7.99. The van der Waals surface area contributed by atoms with E-state index in [4.69, 9.17) is 4.74 Å². The molecule has 0 aromatic carbocycles. The standard InChI is InChI=1S/C8H15NOS/c1-7-8(2-5-11-6-8)10-4-3-9-7/h7,9H,2-6H2,1H3. The molecule has 0 bridgehead atoms. The van der Waals surface area contributed by atoms with E-state index in [1.807, 2.05) is 11.8 Å². The van der Waals surface area contributed by atoms with Crippen molar-refractivity contribution in [3.05, 3.63) is 0 Å². The van der Waals surface area contributed by atoms with E-state index >= 15 is 0 Å². The molecule has 2 nitrogen and oxygen atoms in total. The number of thioether (sulfide) groups is 1. The van der Waals surface area contributed by atoms with Gasteiger partial charge in [0, 0.05) is 18.3 Å². The Hall–Kier alpha value is 0.270. The van der Waals surface area contributed by atoms with Crippen LogP contribution >= 0.6 is 11.8 Å². The highest BCUT2D eigenvalue weighted by Gasteiger charge is 2.42. The van der Waals surface area contributed by atoms with Crippen LogP contribution in [0.2, 0.25) is 0 Å². The van der Waals surface area contributed by atoms with Gasteiger partial charge in [0.15, 0.2) is 0 Å². The van der Waals surface area contributed by atoms with Gasteiger partial charge in [-0.15, -0.1) is 0 Å². The second kappa shape index (κ2) is 2.96. The van der Waals surface area contributed by atoms with Crippen molar-refractivity contribution in [2.75, 3.05) is 24.7 Å². The molecule has 0 radical (unpaired) electrons. The van der Waals surface area contributed by atoms with Crippen molar-refractivity contribution in [1.29, 1.82) is 0 Å². The summed E-state index contributed by atoms with van der Waals surface area (Å²) in [6, 6.07) is 0.547. The molecule has 2 aliphatic heterocycles. The van der Waals surface area contributed by atoms with E-state index < -0.39 is 0 Å². The maximum Gasteiger partial charge on any atom is 0.0930 e. The van der Waals surface area contributed by atoms with E-state index in [0.29, 0.717) is 6.04 Å². The van der Waals surface area contributed by atoms with Crippen LogP contribution in [0.15, 0.2) is 0 Å². The van der Waals surface area contributed by atoms with Crippen LogP contribution in [0.1, 0.15) is 13.3 Å². The van der Waals surface area contributed by atoms with Gasteiger partial charge in [-0.2, -0.15) is 11.8 Å². The first-order valence-electron chi connectivity index (χ1n) is 4.29. The summed E-state index contributed by atoms with van der Waals surface area (Å²) in [6.45, 7) is 4.16. The highest BCUT2D eigenvalue weighted by Crippen LogP contribution is 2.35. The van der Waals surface area contributed by atoms with Gasteiger partial charge in [0.25, 0.3) is 0 Å². The molecule has 64 valence electrons. The van der Waals surface area contributed by atoms with Crippen molar-refractivity contribution >= 4 is 11.8 Å². The number of hydrogen-bond acceptors (Lipinski definition) is 3. The number of hydrogen-bond donors (Lipinski definition) is 1. The van der Waals surface area contributed by atoms with Gasteiger partial charge in [0.2, 0.25) is 0 Å². The monoisotopic (exact) mass is 173 g/mol. The molecule has 2 heterocycles. The summed E-state index contributed by atoms with van der Waals surface area (Å²) in [4.78, 5) is 0. The first kappa shape index (κ1) is 7.90. The molecule has 0 saturated carbocycles. The number of nitrogens with one attached hydrogen (secondary N) is 1. The molecule has 2 atom stereocenters. The zero-order valence-corrected chi connectivity index (χ0v) is 7.75. The van der Waals surface area contributed by atoms with Crippen molar-refractivity contribution in [1.82, 2.24) is 5.32 Å². The normalized spacial score (nSPS) is 45.0. The lowest BCUT2D eigenvalue weighted by molar-refractivity contribution is -0.0734. The summed E-state index contributed by atoms with van der Waals surface area (Å²) in [5.74, 6) is 2.45. The minimum atomic E-state index is 0.183. The molecule has 0 aliphatic carbocycles. The average Bonchev–Trinajstić information content (AvgIpc) is 2.46. The van der Waals surface area contributed by atoms with E-state index in [9.17, 15) is 0 Å². The Morgan fingerprint density at radius 1 is 1.64 bits per heavy atom. The summed E-state index contributed by atoms with van der Waals surface area (Å²) < 4.78 is 5.86. The maximum absolute atomic E-state index is 5.86. The lowest BCUT2D eigenvalue weighted by Crippen LogP contribution is -2.56. The summed E-state index contributed by atoms with van der Waals surface area (Å²) in [5, 5.41) is 3.48. The second-order valence-corrected chi connectivity index (χ2v) is 4.50. The lowest BCUT2D eigenvalue weighted by atomic mass is 9.93. The van der Waals surface area contributed by atoms with Crippen LogP contribution in [-0.2, 0) is 4.74 Å². The molecular formula is C8H15NOS. The van der Waals surface area contributed by atoms with Gasteiger partial charge < -0.3 is 10.1 Å². The predicted molar refractivity (Wildman–Crippen MR) is 48.1 cm³/mol. The molecule has 0 aromatic rings. The molecular weight excluding hydrogens is 158 g/mol. The minimum Gasteiger partial charge on any atom is -0.371 e. The van der Waals surface area contributed by atoms with Crippen LogP contribution in [0.4, 0.5) is 0 Å². The molecule has 2 rings (SSSR count). The maximum atomic E-state index is 5.86. The van der Waals surface area contributed by atoms with Crippen LogP contribution in [0.5, 0.6) is 0 Å². The van der Waals surface area contributed by atoms with E-state index in [2.05, 4.69) is 12.2 Å². The van der Waals surface area contributed by atoms with Crippen molar-refractivity contribution < 1.29 is 4.74 Å². The third-order valence-electron chi connectivity index (χ3n) is 2.75. The quantitative estimate of drug-likeness (QED) is 0.587. The van der Waals surface area contributed by atoms with E-state index in [-0.39, 0.29) is 5.60 Å². The average molecular weight is 173 g/mol. The van der Waals surface area contributed by atoms with Crippen LogP contribution in [0.25, 0.3) is 0 Å². The Balaban J connectivity index is 2.07. The smallest absolute Gasteiger partial charge is 0.0930 e. The molecule has 3 heteroatoms. The van der Waals surface area contributed by atoms with E-state index in [0.717, 1.165) is 13.2 Å². The molecule has 0 amide bonds. The van der Waals surface area contributed by atoms with Crippen molar-refractivity contribution in [3.63, 3.8) is 0 Å². The van der Waals surface area contributed by atoms with Crippen LogP contribution in [0, 0.1) is 0 Å². The van der Waals surface area contributed by atoms with Gasteiger partial charge in [-0.25, -0.2) is 0 Å². The summed E-state index contributed by atoms with van der Waals surface area (Å²) >= 11 is 2.02. The van der Waals surface area contributed by atoms with Crippen LogP contribution in [-0.4, -0.2) is 36.3 Å². The predicted octanol–water partition coefficient (Wildman–Crippen LogP) is 0.870. The van der Waals surface area contributed by atoms with Crippen molar-refractivity contribution in [3.8, 4) is 0 Å². The van der Waals surface area contributed by atoms with Gasteiger partial charge in [-0.1, -0.05) is 0 Å². The Kier molecular flexibility index (Phi) is 2.12.